The van der Waals surface area contributed by atoms with E-state index in [2.05, 4.69) is 25.2 Å². The Balaban J connectivity index is 1.69. The lowest BCUT2D eigenvalue weighted by atomic mass is 10.4. The van der Waals surface area contributed by atoms with Gasteiger partial charge in [-0.1, -0.05) is 11.3 Å². The number of sulfonamides is 1. The molecule has 2 aromatic heterocycles. The lowest BCUT2D eigenvalue weighted by Gasteiger charge is -2.01. The number of nitrogens with one attached hydrogen (secondary N) is 3. The summed E-state index contributed by atoms with van der Waals surface area (Å²) < 4.78 is 26.5. The summed E-state index contributed by atoms with van der Waals surface area (Å²) in [6, 6.07) is 2.21. The molecule has 19 heavy (non-hydrogen) atoms. The summed E-state index contributed by atoms with van der Waals surface area (Å²) in [5.41, 5.74) is 2.32. The summed E-state index contributed by atoms with van der Waals surface area (Å²) in [5, 5.41) is 10.8. The first-order valence-corrected chi connectivity index (χ1v) is 8.19. The maximum atomic E-state index is 12.1. The molecule has 0 bridgehead atoms. The van der Waals surface area contributed by atoms with Crippen LogP contribution in [0.5, 0.6) is 0 Å². The van der Waals surface area contributed by atoms with Gasteiger partial charge in [-0.15, -0.1) is 10.2 Å². The largest absolute Gasteiger partial charge is 0.363 e. The van der Waals surface area contributed by atoms with Crippen LogP contribution in [0.2, 0.25) is 0 Å². The van der Waals surface area contributed by atoms with Crippen LogP contribution in [0.3, 0.4) is 0 Å². The number of hydrogen-bond acceptors (Lipinski definition) is 6. The minimum absolute atomic E-state index is 0.204. The lowest BCUT2D eigenvalue weighted by Crippen LogP contribution is -2.15. The molecule has 1 aliphatic carbocycles. The minimum atomic E-state index is -3.59. The molecule has 7 nitrogen and oxygen atoms in total. The number of nitrogens with zero attached hydrogens (tertiary/aromatic N) is 2. The maximum absolute atomic E-state index is 12.1. The average molecular weight is 299 g/mol. The van der Waals surface area contributed by atoms with Crippen LogP contribution in [0.15, 0.2) is 22.7 Å². The van der Waals surface area contributed by atoms with E-state index in [1.54, 1.807) is 6.07 Å². The highest BCUT2D eigenvalue weighted by Gasteiger charge is 2.21. The van der Waals surface area contributed by atoms with Crippen molar-refractivity contribution in [2.75, 3.05) is 4.72 Å². The van der Waals surface area contributed by atoms with Crippen molar-refractivity contribution >= 4 is 26.5 Å². The van der Waals surface area contributed by atoms with Crippen LogP contribution >= 0.6 is 11.3 Å². The van der Waals surface area contributed by atoms with Gasteiger partial charge in [-0.05, 0) is 18.9 Å². The first-order chi connectivity index (χ1) is 9.13. The van der Waals surface area contributed by atoms with Crippen LogP contribution in [0.1, 0.15) is 18.5 Å². The van der Waals surface area contributed by atoms with Crippen molar-refractivity contribution in [2.45, 2.75) is 30.3 Å². The van der Waals surface area contributed by atoms with Gasteiger partial charge in [0.15, 0.2) is 0 Å². The summed E-state index contributed by atoms with van der Waals surface area (Å²) in [4.78, 5) is 3.16. The van der Waals surface area contributed by atoms with Crippen LogP contribution < -0.4 is 10.0 Å². The molecule has 0 spiro atoms. The fraction of sp³-hybridized carbons (Fsp3) is 0.400. The third kappa shape index (κ3) is 3.11. The Morgan fingerprint density at radius 3 is 3.00 bits per heavy atom. The van der Waals surface area contributed by atoms with E-state index in [0.717, 1.165) is 17.0 Å². The van der Waals surface area contributed by atoms with E-state index in [0.29, 0.717) is 12.6 Å². The fourth-order valence-corrected chi connectivity index (χ4v) is 3.32. The number of rotatable bonds is 6. The Labute approximate surface area is 114 Å². The van der Waals surface area contributed by atoms with Crippen LogP contribution in [-0.4, -0.2) is 29.6 Å². The zero-order chi connectivity index (χ0) is 13.3. The molecule has 0 saturated heterocycles. The highest BCUT2D eigenvalue weighted by Crippen LogP contribution is 2.20. The second-order valence-electron chi connectivity index (χ2n) is 4.37. The normalized spacial score (nSPS) is 15.6. The molecule has 2 aromatic rings. The van der Waals surface area contributed by atoms with Gasteiger partial charge in [0.1, 0.15) is 10.4 Å². The van der Waals surface area contributed by atoms with Gasteiger partial charge in [-0.2, -0.15) is 0 Å². The lowest BCUT2D eigenvalue weighted by molar-refractivity contribution is 0.601. The molecule has 0 unspecified atom stereocenters. The Kier molecular flexibility index (Phi) is 3.25. The van der Waals surface area contributed by atoms with Crippen molar-refractivity contribution in [2.24, 2.45) is 0 Å². The third-order valence-corrected chi connectivity index (χ3v) is 4.82. The molecule has 3 N–H and O–H groups in total. The molecule has 1 fully saturated rings. The second kappa shape index (κ2) is 4.91. The summed E-state index contributed by atoms with van der Waals surface area (Å²) in [7, 11) is -3.59. The first kappa shape index (κ1) is 12.6. The fourth-order valence-electron chi connectivity index (χ4n) is 1.61. The Hall–Kier alpha value is -1.45. The quantitative estimate of drug-likeness (QED) is 0.736. The molecule has 0 aliphatic heterocycles. The molecule has 102 valence electrons. The molecule has 0 radical (unpaired) electrons. The van der Waals surface area contributed by atoms with Gasteiger partial charge < -0.3 is 10.3 Å². The molecule has 0 atom stereocenters. The zero-order valence-corrected chi connectivity index (χ0v) is 11.6. The zero-order valence-electron chi connectivity index (χ0n) is 9.96. The second-order valence-corrected chi connectivity index (χ2v) is 6.88. The number of hydrogen-bond donors (Lipinski definition) is 3. The van der Waals surface area contributed by atoms with Crippen molar-refractivity contribution in [3.8, 4) is 0 Å². The van der Waals surface area contributed by atoms with Gasteiger partial charge in [0.2, 0.25) is 5.13 Å². The third-order valence-electron chi connectivity index (χ3n) is 2.77. The molecule has 9 heteroatoms. The Bertz CT molecular complexity index is 645. The molecule has 1 saturated carbocycles. The average Bonchev–Trinajstić information content (AvgIpc) is 2.87. The summed E-state index contributed by atoms with van der Waals surface area (Å²) in [6.07, 6.45) is 3.88. The SMILES string of the molecule is O=S(=O)(Nc1nncs1)c1c[nH]c(CNC2CC2)c1. The van der Waals surface area contributed by atoms with Crippen LogP contribution in [-0.2, 0) is 16.6 Å². The minimum Gasteiger partial charge on any atom is -0.363 e. The van der Waals surface area contributed by atoms with Crippen LogP contribution in [0.4, 0.5) is 5.13 Å². The monoisotopic (exact) mass is 299 g/mol. The Morgan fingerprint density at radius 2 is 2.32 bits per heavy atom. The smallest absolute Gasteiger partial charge is 0.265 e. The summed E-state index contributed by atoms with van der Waals surface area (Å²) in [5.74, 6) is 0. The molecular formula is C10H13N5O2S2. The molecule has 0 aromatic carbocycles. The van der Waals surface area contributed by atoms with E-state index in [4.69, 9.17) is 0 Å². The molecule has 0 amide bonds. The molecule has 1 aliphatic rings. The molecular weight excluding hydrogens is 286 g/mol. The van der Waals surface area contributed by atoms with Crippen molar-refractivity contribution < 1.29 is 8.42 Å². The van der Waals surface area contributed by atoms with Gasteiger partial charge in [0, 0.05) is 24.5 Å². The van der Waals surface area contributed by atoms with E-state index in [1.807, 2.05) is 0 Å². The van der Waals surface area contributed by atoms with E-state index < -0.39 is 10.0 Å². The maximum Gasteiger partial charge on any atom is 0.265 e. The van der Waals surface area contributed by atoms with E-state index in [-0.39, 0.29) is 10.0 Å². The van der Waals surface area contributed by atoms with Crippen molar-refractivity contribution in [1.29, 1.82) is 0 Å². The summed E-state index contributed by atoms with van der Waals surface area (Å²) in [6.45, 7) is 0.652. The Morgan fingerprint density at radius 1 is 1.47 bits per heavy atom. The van der Waals surface area contributed by atoms with Crippen molar-refractivity contribution in [3.63, 3.8) is 0 Å². The standard InChI is InChI=1S/C10H13N5O2S2/c16-19(17,15-10-14-13-6-18-10)9-3-8(12-5-9)4-11-7-1-2-7/h3,5-7,11-12H,1-2,4H2,(H,14,15). The van der Waals surface area contributed by atoms with E-state index in [9.17, 15) is 8.42 Å². The number of H-pyrrole nitrogens is 1. The van der Waals surface area contributed by atoms with Gasteiger partial charge in [0.25, 0.3) is 10.0 Å². The van der Waals surface area contributed by atoms with E-state index >= 15 is 0 Å². The van der Waals surface area contributed by atoms with Gasteiger partial charge in [0.05, 0.1) is 0 Å². The number of aromatic nitrogens is 3. The van der Waals surface area contributed by atoms with Gasteiger partial charge in [-0.3, -0.25) is 4.72 Å². The first-order valence-electron chi connectivity index (χ1n) is 5.83. The van der Waals surface area contributed by atoms with E-state index in [1.165, 1.54) is 24.5 Å². The highest BCUT2D eigenvalue weighted by molar-refractivity contribution is 7.93. The topological polar surface area (TPSA) is 99.8 Å². The van der Waals surface area contributed by atoms with Crippen molar-refractivity contribution in [1.82, 2.24) is 20.5 Å². The number of anilines is 1. The molecule has 3 rings (SSSR count). The van der Waals surface area contributed by atoms with Gasteiger partial charge in [-0.25, -0.2) is 8.42 Å². The van der Waals surface area contributed by atoms with Crippen LogP contribution in [0.25, 0.3) is 0 Å². The predicted molar refractivity (Wildman–Crippen MR) is 71.4 cm³/mol. The highest BCUT2D eigenvalue weighted by atomic mass is 32.2. The predicted octanol–water partition coefficient (Wildman–Crippen LogP) is 0.919. The summed E-state index contributed by atoms with van der Waals surface area (Å²) >= 11 is 1.14. The number of aromatic amines is 1. The molecule has 2 heterocycles. The van der Waals surface area contributed by atoms with Crippen molar-refractivity contribution in [3.05, 3.63) is 23.5 Å². The van der Waals surface area contributed by atoms with Crippen LogP contribution in [0, 0.1) is 0 Å². The van der Waals surface area contributed by atoms with Gasteiger partial charge >= 0.3 is 0 Å².